The van der Waals surface area contributed by atoms with Crippen LogP contribution < -0.4 is 9.64 Å². The van der Waals surface area contributed by atoms with Crippen LogP contribution in [0.25, 0.3) is 5.76 Å². The number of aliphatic hydroxyl groups excluding tert-OH is 1. The SMILES string of the molecule is COc1cc(C)c(/C(O)=C2\C(=O)C(=O)N(c3ccc(F)cc3F)C2c2ccccn2)cc1C(C)C. The summed E-state index contributed by atoms with van der Waals surface area (Å²) in [5.74, 6) is -3.64. The van der Waals surface area contributed by atoms with E-state index in [1.807, 2.05) is 13.8 Å². The van der Waals surface area contributed by atoms with Crippen LogP contribution in [-0.4, -0.2) is 28.9 Å². The maximum absolute atomic E-state index is 14.8. The highest BCUT2D eigenvalue weighted by Gasteiger charge is 2.48. The summed E-state index contributed by atoms with van der Waals surface area (Å²) in [5.41, 5.74) is 1.47. The van der Waals surface area contributed by atoms with Gasteiger partial charge in [0, 0.05) is 17.8 Å². The van der Waals surface area contributed by atoms with Gasteiger partial charge in [0.2, 0.25) is 0 Å². The van der Waals surface area contributed by atoms with Crippen LogP contribution in [0.4, 0.5) is 14.5 Å². The summed E-state index contributed by atoms with van der Waals surface area (Å²) >= 11 is 0. The predicted octanol–water partition coefficient (Wildman–Crippen LogP) is 5.43. The summed E-state index contributed by atoms with van der Waals surface area (Å²) < 4.78 is 33.8. The van der Waals surface area contributed by atoms with E-state index in [4.69, 9.17) is 4.74 Å². The summed E-state index contributed by atoms with van der Waals surface area (Å²) in [7, 11) is 1.55. The van der Waals surface area contributed by atoms with E-state index in [1.54, 1.807) is 44.4 Å². The van der Waals surface area contributed by atoms with Gasteiger partial charge in [-0.1, -0.05) is 19.9 Å². The number of nitrogens with zero attached hydrogens (tertiary/aromatic N) is 2. The van der Waals surface area contributed by atoms with Gasteiger partial charge in [-0.2, -0.15) is 0 Å². The van der Waals surface area contributed by atoms with Crippen molar-refractivity contribution in [3.8, 4) is 5.75 Å². The monoisotopic (exact) mass is 478 g/mol. The van der Waals surface area contributed by atoms with E-state index in [0.717, 1.165) is 22.6 Å². The second-order valence-electron chi connectivity index (χ2n) is 8.58. The summed E-state index contributed by atoms with van der Waals surface area (Å²) in [6, 6.07) is 9.82. The Bertz CT molecular complexity index is 1350. The van der Waals surface area contributed by atoms with Crippen LogP contribution in [-0.2, 0) is 9.59 Å². The Kier molecular flexibility index (Phi) is 6.39. The Hall–Kier alpha value is -4.07. The molecule has 8 heteroatoms. The molecule has 2 heterocycles. The van der Waals surface area contributed by atoms with Crippen LogP contribution in [0.15, 0.2) is 60.3 Å². The quantitative estimate of drug-likeness (QED) is 0.301. The lowest BCUT2D eigenvalue weighted by Crippen LogP contribution is -2.30. The van der Waals surface area contributed by atoms with Gasteiger partial charge in [-0.25, -0.2) is 8.78 Å². The fourth-order valence-electron chi connectivity index (χ4n) is 4.30. The van der Waals surface area contributed by atoms with Crippen molar-refractivity contribution in [2.75, 3.05) is 12.0 Å². The van der Waals surface area contributed by atoms with Crippen molar-refractivity contribution in [1.29, 1.82) is 0 Å². The summed E-state index contributed by atoms with van der Waals surface area (Å²) in [4.78, 5) is 31.6. The minimum absolute atomic E-state index is 0.0411. The zero-order chi connectivity index (χ0) is 25.4. The molecule has 0 aliphatic carbocycles. The Morgan fingerprint density at radius 3 is 2.46 bits per heavy atom. The maximum atomic E-state index is 14.8. The number of anilines is 1. The number of carbonyl (C=O) groups is 2. The molecule has 0 saturated carbocycles. The van der Waals surface area contributed by atoms with Crippen molar-refractivity contribution >= 4 is 23.1 Å². The van der Waals surface area contributed by atoms with Gasteiger partial charge in [-0.3, -0.25) is 19.5 Å². The molecule has 1 aromatic heterocycles. The smallest absolute Gasteiger partial charge is 0.300 e. The lowest BCUT2D eigenvalue weighted by atomic mass is 9.92. The normalized spacial score (nSPS) is 17.3. The Labute approximate surface area is 201 Å². The molecule has 1 saturated heterocycles. The molecule has 0 spiro atoms. The molecule has 1 aliphatic heterocycles. The standard InChI is InChI=1S/C27H24F2N2O4/c1-14(2)17-13-18(15(3)11-22(17)35-4)25(32)23-24(20-7-5-6-10-30-20)31(27(34)26(23)33)21-9-8-16(28)12-19(21)29/h5-14,24,32H,1-4H3/b25-23+. The number of aliphatic hydroxyl groups is 1. The summed E-state index contributed by atoms with van der Waals surface area (Å²) in [5, 5.41) is 11.4. The molecule has 0 radical (unpaired) electrons. The van der Waals surface area contributed by atoms with E-state index < -0.39 is 35.1 Å². The largest absolute Gasteiger partial charge is 0.507 e. The topological polar surface area (TPSA) is 79.7 Å². The number of Topliss-reactive ketones (excluding diaryl/α,β-unsaturated/α-hetero) is 1. The number of hydrogen-bond acceptors (Lipinski definition) is 5. The van der Waals surface area contributed by atoms with Gasteiger partial charge in [0.05, 0.1) is 24.1 Å². The first-order chi connectivity index (χ1) is 16.6. The number of aromatic nitrogens is 1. The van der Waals surface area contributed by atoms with Gasteiger partial charge in [0.1, 0.15) is 29.2 Å². The average Bonchev–Trinajstić information content (AvgIpc) is 3.09. The molecule has 1 aliphatic rings. The molecule has 1 amide bonds. The second-order valence-corrected chi connectivity index (χ2v) is 8.58. The van der Waals surface area contributed by atoms with Crippen LogP contribution in [0.3, 0.4) is 0 Å². The molecule has 1 N–H and O–H groups in total. The number of amides is 1. The number of benzene rings is 2. The number of methoxy groups -OCH3 is 1. The van der Waals surface area contributed by atoms with Gasteiger partial charge in [0.15, 0.2) is 0 Å². The van der Waals surface area contributed by atoms with Gasteiger partial charge in [-0.05, 0) is 60.4 Å². The zero-order valence-electron chi connectivity index (χ0n) is 19.7. The molecular weight excluding hydrogens is 454 g/mol. The highest BCUT2D eigenvalue weighted by Crippen LogP contribution is 2.43. The Morgan fingerprint density at radius 2 is 1.86 bits per heavy atom. The van der Waals surface area contributed by atoms with E-state index in [0.29, 0.717) is 22.9 Å². The fraction of sp³-hybridized carbons (Fsp3) is 0.222. The van der Waals surface area contributed by atoms with Gasteiger partial charge in [-0.15, -0.1) is 0 Å². The number of rotatable bonds is 5. The first kappa shape index (κ1) is 24.1. The number of aryl methyl sites for hydroxylation is 1. The van der Waals surface area contributed by atoms with Crippen molar-refractivity contribution in [2.24, 2.45) is 0 Å². The fourth-order valence-corrected chi connectivity index (χ4v) is 4.30. The van der Waals surface area contributed by atoms with Crippen molar-refractivity contribution < 1.29 is 28.2 Å². The molecule has 35 heavy (non-hydrogen) atoms. The molecule has 1 unspecified atom stereocenters. The van der Waals surface area contributed by atoms with Crippen molar-refractivity contribution in [3.63, 3.8) is 0 Å². The highest BCUT2D eigenvalue weighted by atomic mass is 19.1. The van der Waals surface area contributed by atoms with E-state index >= 15 is 0 Å². The third-order valence-corrected chi connectivity index (χ3v) is 6.04. The number of hydrogen-bond donors (Lipinski definition) is 1. The maximum Gasteiger partial charge on any atom is 0.300 e. The van der Waals surface area contributed by atoms with E-state index in [1.165, 1.54) is 6.20 Å². The van der Waals surface area contributed by atoms with Gasteiger partial charge >= 0.3 is 0 Å². The molecule has 0 bridgehead atoms. The molecule has 6 nitrogen and oxygen atoms in total. The molecule has 180 valence electrons. The first-order valence-electron chi connectivity index (χ1n) is 11.0. The van der Waals surface area contributed by atoms with Crippen LogP contribution in [0, 0.1) is 18.6 Å². The number of halogens is 2. The molecule has 2 aromatic carbocycles. The van der Waals surface area contributed by atoms with Crippen LogP contribution in [0.2, 0.25) is 0 Å². The minimum Gasteiger partial charge on any atom is -0.507 e. The van der Waals surface area contributed by atoms with Gasteiger partial charge < -0.3 is 9.84 Å². The van der Waals surface area contributed by atoms with E-state index in [9.17, 15) is 23.5 Å². The summed E-state index contributed by atoms with van der Waals surface area (Å²) in [6.07, 6.45) is 1.46. The second kappa shape index (κ2) is 9.29. The average molecular weight is 478 g/mol. The number of ketones is 1. The molecule has 1 fully saturated rings. The third-order valence-electron chi connectivity index (χ3n) is 6.04. The highest BCUT2D eigenvalue weighted by molar-refractivity contribution is 6.51. The number of pyridine rings is 1. The zero-order valence-corrected chi connectivity index (χ0v) is 19.7. The van der Waals surface area contributed by atoms with E-state index in [2.05, 4.69) is 4.98 Å². The molecule has 1 atom stereocenters. The first-order valence-corrected chi connectivity index (χ1v) is 11.0. The predicted molar refractivity (Wildman–Crippen MR) is 127 cm³/mol. The van der Waals surface area contributed by atoms with Gasteiger partial charge in [0.25, 0.3) is 11.7 Å². The lowest BCUT2D eigenvalue weighted by Gasteiger charge is -2.25. The van der Waals surface area contributed by atoms with Crippen LogP contribution in [0.1, 0.15) is 48.2 Å². The Balaban J connectivity index is 1.99. The number of carbonyl (C=O) groups excluding carboxylic acids is 2. The minimum atomic E-state index is -1.22. The van der Waals surface area contributed by atoms with Crippen molar-refractivity contribution in [1.82, 2.24) is 4.98 Å². The van der Waals surface area contributed by atoms with Crippen LogP contribution in [0.5, 0.6) is 5.75 Å². The Morgan fingerprint density at radius 1 is 1.11 bits per heavy atom. The molecule has 4 rings (SSSR count). The van der Waals surface area contributed by atoms with Crippen molar-refractivity contribution in [2.45, 2.75) is 32.7 Å². The van der Waals surface area contributed by atoms with E-state index in [-0.39, 0.29) is 22.9 Å². The molecular formula is C27H24F2N2O4. The van der Waals surface area contributed by atoms with Crippen LogP contribution >= 0.6 is 0 Å². The molecule has 3 aromatic rings. The lowest BCUT2D eigenvalue weighted by molar-refractivity contribution is -0.132. The van der Waals surface area contributed by atoms with Crippen molar-refractivity contribution in [3.05, 3.63) is 94.3 Å². The number of ether oxygens (including phenoxy) is 1. The third kappa shape index (κ3) is 4.16. The summed E-state index contributed by atoms with van der Waals surface area (Å²) in [6.45, 7) is 5.66.